The van der Waals surface area contributed by atoms with Crippen LogP contribution in [0, 0.1) is 6.92 Å². The maximum atomic E-state index is 11.8. The summed E-state index contributed by atoms with van der Waals surface area (Å²) in [6.45, 7) is 2.32. The highest BCUT2D eigenvalue weighted by molar-refractivity contribution is 5.69. The molecule has 0 amide bonds. The van der Waals surface area contributed by atoms with E-state index in [4.69, 9.17) is 18.6 Å². The van der Waals surface area contributed by atoms with Crippen LogP contribution in [0.1, 0.15) is 17.7 Å². The molecule has 6 heteroatoms. The largest absolute Gasteiger partial charge is 0.497 e. The van der Waals surface area contributed by atoms with Gasteiger partial charge in [-0.3, -0.25) is 4.79 Å². The second kappa shape index (κ2) is 8.89. The highest BCUT2D eigenvalue weighted by Crippen LogP contribution is 2.20. The van der Waals surface area contributed by atoms with Gasteiger partial charge in [0.05, 0.1) is 20.1 Å². The van der Waals surface area contributed by atoms with Gasteiger partial charge in [0, 0.05) is 5.56 Å². The molecule has 140 valence electrons. The predicted molar refractivity (Wildman–Crippen MR) is 99.6 cm³/mol. The summed E-state index contributed by atoms with van der Waals surface area (Å²) in [6, 6.07) is 15.0. The Morgan fingerprint density at radius 2 is 1.74 bits per heavy atom. The Morgan fingerprint density at radius 3 is 2.44 bits per heavy atom. The number of oxazole rings is 1. The van der Waals surface area contributed by atoms with E-state index >= 15 is 0 Å². The number of ether oxygens (including phenoxy) is 3. The molecule has 27 heavy (non-hydrogen) atoms. The highest BCUT2D eigenvalue weighted by atomic mass is 16.5. The van der Waals surface area contributed by atoms with E-state index in [2.05, 4.69) is 4.98 Å². The Morgan fingerprint density at radius 1 is 1.04 bits per heavy atom. The second-order valence-corrected chi connectivity index (χ2v) is 5.94. The van der Waals surface area contributed by atoms with Gasteiger partial charge in [-0.1, -0.05) is 17.7 Å². The van der Waals surface area contributed by atoms with Gasteiger partial charge in [-0.05, 0) is 43.3 Å². The molecule has 0 atom stereocenters. The van der Waals surface area contributed by atoms with Crippen LogP contribution in [0.15, 0.2) is 59.2 Å². The van der Waals surface area contributed by atoms with Crippen LogP contribution in [0.4, 0.5) is 0 Å². The third-order valence-electron chi connectivity index (χ3n) is 3.87. The van der Waals surface area contributed by atoms with Crippen molar-refractivity contribution in [1.82, 2.24) is 4.98 Å². The minimum Gasteiger partial charge on any atom is -0.497 e. The van der Waals surface area contributed by atoms with E-state index < -0.39 is 0 Å². The summed E-state index contributed by atoms with van der Waals surface area (Å²) < 4.78 is 21.2. The molecule has 0 saturated carbocycles. The van der Waals surface area contributed by atoms with Crippen LogP contribution in [0.3, 0.4) is 0 Å². The van der Waals surface area contributed by atoms with E-state index in [9.17, 15) is 4.79 Å². The standard InChI is InChI=1S/C21H21NO5/c1-15-3-5-16(6-4-15)21-22-17(14-27-21)13-26-20(23)11-12-25-19-9-7-18(24-2)8-10-19/h3-10,14H,11-13H2,1-2H3. The van der Waals surface area contributed by atoms with Crippen LogP contribution in [0.5, 0.6) is 11.5 Å². The summed E-state index contributed by atoms with van der Waals surface area (Å²) in [4.78, 5) is 16.2. The average Bonchev–Trinajstić information content (AvgIpc) is 3.16. The maximum absolute atomic E-state index is 11.8. The molecule has 0 aliphatic carbocycles. The predicted octanol–water partition coefficient (Wildman–Crippen LogP) is 4.17. The van der Waals surface area contributed by atoms with Crippen molar-refractivity contribution in [3.8, 4) is 23.0 Å². The van der Waals surface area contributed by atoms with Gasteiger partial charge in [0.1, 0.15) is 30.1 Å². The molecule has 3 aromatic rings. The van der Waals surface area contributed by atoms with Crippen molar-refractivity contribution in [3.05, 3.63) is 66.1 Å². The van der Waals surface area contributed by atoms with Crippen LogP contribution in [0.2, 0.25) is 0 Å². The maximum Gasteiger partial charge on any atom is 0.309 e. The molecule has 0 saturated heterocycles. The smallest absolute Gasteiger partial charge is 0.309 e. The number of hydrogen-bond donors (Lipinski definition) is 0. The number of nitrogens with zero attached hydrogens (tertiary/aromatic N) is 1. The first-order valence-electron chi connectivity index (χ1n) is 8.58. The van der Waals surface area contributed by atoms with Gasteiger partial charge in [0.2, 0.25) is 5.89 Å². The summed E-state index contributed by atoms with van der Waals surface area (Å²) >= 11 is 0. The molecular formula is C21H21NO5. The second-order valence-electron chi connectivity index (χ2n) is 5.94. The van der Waals surface area contributed by atoms with Crippen molar-refractivity contribution in [3.63, 3.8) is 0 Å². The van der Waals surface area contributed by atoms with E-state index in [0.29, 0.717) is 17.3 Å². The van der Waals surface area contributed by atoms with Crippen LogP contribution in [-0.4, -0.2) is 24.7 Å². The molecule has 0 N–H and O–H groups in total. The molecule has 0 radical (unpaired) electrons. The zero-order valence-electron chi connectivity index (χ0n) is 15.3. The Labute approximate surface area is 157 Å². The first-order valence-corrected chi connectivity index (χ1v) is 8.58. The number of benzene rings is 2. The molecule has 0 spiro atoms. The minimum absolute atomic E-state index is 0.0662. The van der Waals surface area contributed by atoms with Crippen molar-refractivity contribution < 1.29 is 23.4 Å². The Bertz CT molecular complexity index is 868. The van der Waals surface area contributed by atoms with Gasteiger partial charge in [-0.2, -0.15) is 0 Å². The fraction of sp³-hybridized carbons (Fsp3) is 0.238. The Balaban J connectivity index is 1.42. The van der Waals surface area contributed by atoms with Crippen LogP contribution in [-0.2, 0) is 16.1 Å². The van der Waals surface area contributed by atoms with Crippen molar-refractivity contribution in [2.75, 3.05) is 13.7 Å². The van der Waals surface area contributed by atoms with E-state index in [1.165, 1.54) is 6.26 Å². The number of rotatable bonds is 8. The van der Waals surface area contributed by atoms with Gasteiger partial charge >= 0.3 is 5.97 Å². The summed E-state index contributed by atoms with van der Waals surface area (Å²) in [5.74, 6) is 1.56. The summed E-state index contributed by atoms with van der Waals surface area (Å²) in [5, 5.41) is 0. The van der Waals surface area contributed by atoms with E-state index in [1.54, 1.807) is 31.4 Å². The van der Waals surface area contributed by atoms with Crippen LogP contribution < -0.4 is 9.47 Å². The molecule has 3 rings (SSSR count). The third-order valence-corrected chi connectivity index (χ3v) is 3.87. The van der Waals surface area contributed by atoms with Crippen molar-refractivity contribution in [1.29, 1.82) is 0 Å². The molecule has 0 aliphatic heterocycles. The topological polar surface area (TPSA) is 70.8 Å². The third kappa shape index (κ3) is 5.34. The Hall–Kier alpha value is -3.28. The van der Waals surface area contributed by atoms with Crippen molar-refractivity contribution in [2.45, 2.75) is 20.0 Å². The van der Waals surface area contributed by atoms with Gasteiger partial charge in [-0.25, -0.2) is 4.98 Å². The quantitative estimate of drug-likeness (QED) is 0.557. The van der Waals surface area contributed by atoms with Gasteiger partial charge in [-0.15, -0.1) is 0 Å². The number of carbonyl (C=O) groups excluding carboxylic acids is 1. The highest BCUT2D eigenvalue weighted by Gasteiger charge is 2.09. The van der Waals surface area contributed by atoms with Crippen LogP contribution in [0.25, 0.3) is 11.5 Å². The molecule has 1 aromatic heterocycles. The fourth-order valence-electron chi connectivity index (χ4n) is 2.35. The molecule has 0 aliphatic rings. The zero-order chi connectivity index (χ0) is 19.1. The summed E-state index contributed by atoms with van der Waals surface area (Å²) in [6.07, 6.45) is 1.64. The lowest BCUT2D eigenvalue weighted by molar-refractivity contribution is -0.145. The average molecular weight is 367 g/mol. The number of esters is 1. The first-order chi connectivity index (χ1) is 13.1. The number of aromatic nitrogens is 1. The normalized spacial score (nSPS) is 10.4. The number of methoxy groups -OCH3 is 1. The lowest BCUT2D eigenvalue weighted by Crippen LogP contribution is -2.10. The molecule has 0 fully saturated rings. The van der Waals surface area contributed by atoms with Crippen molar-refractivity contribution in [2.24, 2.45) is 0 Å². The summed E-state index contributed by atoms with van der Waals surface area (Å²) in [7, 11) is 1.60. The monoisotopic (exact) mass is 367 g/mol. The van der Waals surface area contributed by atoms with E-state index in [-0.39, 0.29) is 25.6 Å². The van der Waals surface area contributed by atoms with E-state index in [1.807, 2.05) is 31.2 Å². The summed E-state index contributed by atoms with van der Waals surface area (Å²) in [5.41, 5.74) is 2.61. The zero-order valence-corrected chi connectivity index (χ0v) is 15.3. The van der Waals surface area contributed by atoms with Gasteiger partial charge < -0.3 is 18.6 Å². The SMILES string of the molecule is COc1ccc(OCCC(=O)OCc2coc(-c3ccc(C)cc3)n2)cc1. The molecule has 0 unspecified atom stereocenters. The number of hydrogen-bond acceptors (Lipinski definition) is 6. The van der Waals surface area contributed by atoms with Gasteiger partial charge in [0.25, 0.3) is 0 Å². The minimum atomic E-state index is -0.358. The number of carbonyl (C=O) groups is 1. The molecule has 0 bridgehead atoms. The number of aryl methyl sites for hydroxylation is 1. The fourth-order valence-corrected chi connectivity index (χ4v) is 2.35. The molecule has 1 heterocycles. The van der Waals surface area contributed by atoms with Crippen LogP contribution >= 0.6 is 0 Å². The Kier molecular flexibility index (Phi) is 6.10. The van der Waals surface area contributed by atoms with E-state index in [0.717, 1.165) is 16.9 Å². The lowest BCUT2D eigenvalue weighted by atomic mass is 10.1. The molecule has 2 aromatic carbocycles. The molecular weight excluding hydrogens is 346 g/mol. The lowest BCUT2D eigenvalue weighted by Gasteiger charge is -2.07. The first kappa shape index (κ1) is 18.5. The van der Waals surface area contributed by atoms with Gasteiger partial charge in [0.15, 0.2) is 0 Å². The van der Waals surface area contributed by atoms with Crippen molar-refractivity contribution >= 4 is 5.97 Å². The molecule has 6 nitrogen and oxygen atoms in total.